The molecule has 0 fully saturated rings. The Kier molecular flexibility index (Phi) is 7.32. The van der Waals surface area contributed by atoms with Crippen molar-refractivity contribution in [2.75, 3.05) is 20.8 Å². The molecule has 7 nitrogen and oxygen atoms in total. The molecule has 1 atom stereocenters. The standard InChI is InChI=1S/C19H20N2O5S/c1-12-11-27-19(21-12)16(9-20)17(22)10-26-18(23)5-4-13-6-14(24-2)8-15(7-13)25-3/h6-8,11,16H,4-5,10H2,1-3H3/t16-/m0/s1. The quantitative estimate of drug-likeness (QED) is 0.609. The van der Waals surface area contributed by atoms with Gasteiger partial charge in [0.25, 0.3) is 0 Å². The summed E-state index contributed by atoms with van der Waals surface area (Å²) in [5.74, 6) is -0.758. The molecule has 0 aliphatic rings. The summed E-state index contributed by atoms with van der Waals surface area (Å²) in [4.78, 5) is 28.3. The molecule has 1 aromatic heterocycles. The van der Waals surface area contributed by atoms with Crippen LogP contribution in [-0.4, -0.2) is 37.6 Å². The Balaban J connectivity index is 1.87. The SMILES string of the molecule is COc1cc(CCC(=O)OCC(=O)[C@H](C#N)c2nc(C)cs2)cc(OC)c1. The molecular formula is C19H20N2O5S. The van der Waals surface area contributed by atoms with Gasteiger partial charge in [0.2, 0.25) is 0 Å². The second-order valence-corrected chi connectivity index (χ2v) is 6.63. The molecule has 2 rings (SSSR count). The number of carbonyl (C=O) groups is 2. The highest BCUT2D eigenvalue weighted by molar-refractivity contribution is 7.09. The van der Waals surface area contributed by atoms with Crippen LogP contribution >= 0.6 is 11.3 Å². The predicted molar refractivity (Wildman–Crippen MR) is 99.0 cm³/mol. The van der Waals surface area contributed by atoms with Crippen molar-refractivity contribution in [3.05, 3.63) is 39.8 Å². The number of aromatic nitrogens is 1. The molecule has 2 aromatic rings. The van der Waals surface area contributed by atoms with Crippen molar-refractivity contribution >= 4 is 23.1 Å². The summed E-state index contributed by atoms with van der Waals surface area (Å²) < 4.78 is 15.4. The highest BCUT2D eigenvalue weighted by atomic mass is 32.1. The summed E-state index contributed by atoms with van der Waals surface area (Å²) in [5, 5.41) is 11.4. The fourth-order valence-corrected chi connectivity index (χ4v) is 3.19. The average Bonchev–Trinajstić information content (AvgIpc) is 3.10. The fraction of sp³-hybridized carbons (Fsp3) is 0.368. The third-order valence-electron chi connectivity index (χ3n) is 3.74. The van der Waals surface area contributed by atoms with Gasteiger partial charge in [0, 0.05) is 23.6 Å². The van der Waals surface area contributed by atoms with Crippen LogP contribution in [0.15, 0.2) is 23.6 Å². The van der Waals surface area contributed by atoms with Gasteiger partial charge >= 0.3 is 5.97 Å². The molecule has 0 aliphatic carbocycles. The first kappa shape index (κ1) is 20.4. The number of nitriles is 1. The van der Waals surface area contributed by atoms with Crippen molar-refractivity contribution in [3.63, 3.8) is 0 Å². The van der Waals surface area contributed by atoms with Gasteiger partial charge in [-0.1, -0.05) is 0 Å². The number of rotatable bonds is 9. The lowest BCUT2D eigenvalue weighted by molar-refractivity contribution is -0.148. The van der Waals surface area contributed by atoms with Gasteiger partial charge in [-0.2, -0.15) is 5.26 Å². The smallest absolute Gasteiger partial charge is 0.306 e. The van der Waals surface area contributed by atoms with E-state index in [1.165, 1.54) is 11.3 Å². The summed E-state index contributed by atoms with van der Waals surface area (Å²) in [7, 11) is 3.10. The molecule has 0 amide bonds. The molecule has 0 N–H and O–H groups in total. The molecular weight excluding hydrogens is 368 g/mol. The van der Waals surface area contributed by atoms with Crippen LogP contribution in [0.1, 0.15) is 28.6 Å². The zero-order chi connectivity index (χ0) is 19.8. The van der Waals surface area contributed by atoms with Crippen LogP contribution in [0.3, 0.4) is 0 Å². The van der Waals surface area contributed by atoms with E-state index in [1.54, 1.807) is 44.7 Å². The van der Waals surface area contributed by atoms with Gasteiger partial charge in [-0.15, -0.1) is 11.3 Å². The average molecular weight is 388 g/mol. The second kappa shape index (κ2) is 9.69. The topological polar surface area (TPSA) is 98.5 Å². The molecule has 1 aromatic carbocycles. The molecule has 142 valence electrons. The Morgan fingerprint density at radius 2 is 1.89 bits per heavy atom. The largest absolute Gasteiger partial charge is 0.497 e. The molecule has 0 saturated heterocycles. The Morgan fingerprint density at radius 3 is 2.41 bits per heavy atom. The van der Waals surface area contributed by atoms with Crippen molar-refractivity contribution < 1.29 is 23.8 Å². The molecule has 0 radical (unpaired) electrons. The van der Waals surface area contributed by atoms with E-state index in [-0.39, 0.29) is 6.42 Å². The van der Waals surface area contributed by atoms with E-state index < -0.39 is 24.3 Å². The maximum Gasteiger partial charge on any atom is 0.306 e. The van der Waals surface area contributed by atoms with Crippen LogP contribution in [-0.2, 0) is 20.7 Å². The number of methoxy groups -OCH3 is 2. The number of benzene rings is 1. The van der Waals surface area contributed by atoms with Crippen LogP contribution in [0, 0.1) is 18.3 Å². The summed E-state index contributed by atoms with van der Waals surface area (Å²) in [6.45, 7) is 1.34. The minimum absolute atomic E-state index is 0.0944. The lowest BCUT2D eigenvalue weighted by atomic mass is 10.1. The maximum atomic E-state index is 12.2. The molecule has 0 spiro atoms. The first-order chi connectivity index (χ1) is 13.0. The Bertz CT molecular complexity index is 834. The molecule has 0 aliphatic heterocycles. The number of carbonyl (C=O) groups excluding carboxylic acids is 2. The van der Waals surface area contributed by atoms with Crippen LogP contribution in [0.5, 0.6) is 11.5 Å². The van der Waals surface area contributed by atoms with Crippen molar-refractivity contribution in [1.82, 2.24) is 4.98 Å². The summed E-state index contributed by atoms with van der Waals surface area (Å²) in [5.41, 5.74) is 1.59. The van der Waals surface area contributed by atoms with Gasteiger partial charge in [0.1, 0.15) is 16.5 Å². The normalized spacial score (nSPS) is 11.3. The van der Waals surface area contributed by atoms with E-state index in [2.05, 4.69) is 4.98 Å². The lowest BCUT2D eigenvalue weighted by Crippen LogP contribution is -2.20. The Morgan fingerprint density at radius 1 is 1.22 bits per heavy atom. The van der Waals surface area contributed by atoms with Crippen LogP contribution in [0.4, 0.5) is 0 Å². The van der Waals surface area contributed by atoms with Gasteiger partial charge in [0.15, 0.2) is 18.3 Å². The summed E-state index contributed by atoms with van der Waals surface area (Å²) in [6, 6.07) is 7.26. The van der Waals surface area contributed by atoms with E-state index in [4.69, 9.17) is 14.2 Å². The molecule has 1 heterocycles. The number of ether oxygens (including phenoxy) is 3. The minimum atomic E-state index is -1.01. The first-order valence-electron chi connectivity index (χ1n) is 8.18. The number of ketones is 1. The van der Waals surface area contributed by atoms with Crippen LogP contribution in [0.25, 0.3) is 0 Å². The van der Waals surface area contributed by atoms with Gasteiger partial charge in [-0.3, -0.25) is 9.59 Å². The molecule has 27 heavy (non-hydrogen) atoms. The minimum Gasteiger partial charge on any atom is -0.497 e. The third-order valence-corrected chi connectivity index (χ3v) is 4.77. The van der Waals surface area contributed by atoms with E-state index in [0.717, 1.165) is 11.3 Å². The van der Waals surface area contributed by atoms with Crippen LogP contribution < -0.4 is 9.47 Å². The van der Waals surface area contributed by atoms with Crippen molar-refractivity contribution in [1.29, 1.82) is 5.26 Å². The number of hydrogen-bond acceptors (Lipinski definition) is 8. The first-order valence-corrected chi connectivity index (χ1v) is 9.06. The van der Waals surface area contributed by atoms with E-state index in [9.17, 15) is 14.9 Å². The van der Waals surface area contributed by atoms with E-state index in [0.29, 0.717) is 22.9 Å². The lowest BCUT2D eigenvalue weighted by Gasteiger charge is -2.09. The number of hydrogen-bond donors (Lipinski definition) is 0. The van der Waals surface area contributed by atoms with Crippen LogP contribution in [0.2, 0.25) is 0 Å². The Hall–Kier alpha value is -2.92. The molecule has 0 bridgehead atoms. The number of thiazole rings is 1. The monoisotopic (exact) mass is 388 g/mol. The predicted octanol–water partition coefficient (Wildman–Crippen LogP) is 2.82. The second-order valence-electron chi connectivity index (χ2n) is 5.74. The van der Waals surface area contributed by atoms with E-state index >= 15 is 0 Å². The van der Waals surface area contributed by atoms with Crippen molar-refractivity contribution in [2.45, 2.75) is 25.7 Å². The number of nitrogens with zero attached hydrogens (tertiary/aromatic N) is 2. The zero-order valence-electron chi connectivity index (χ0n) is 15.4. The molecule has 0 unspecified atom stereocenters. The zero-order valence-corrected chi connectivity index (χ0v) is 16.2. The fourth-order valence-electron chi connectivity index (χ4n) is 2.33. The van der Waals surface area contributed by atoms with Crippen molar-refractivity contribution in [3.8, 4) is 17.6 Å². The number of Topliss-reactive ketones (excluding diaryl/α,β-unsaturated/α-hetero) is 1. The molecule has 8 heteroatoms. The highest BCUT2D eigenvalue weighted by Gasteiger charge is 2.24. The molecule has 0 saturated carbocycles. The van der Waals surface area contributed by atoms with Gasteiger partial charge in [0.05, 0.1) is 20.3 Å². The highest BCUT2D eigenvalue weighted by Crippen LogP contribution is 2.23. The van der Waals surface area contributed by atoms with Crippen molar-refractivity contribution in [2.24, 2.45) is 0 Å². The summed E-state index contributed by atoms with van der Waals surface area (Å²) in [6.07, 6.45) is 0.505. The van der Waals surface area contributed by atoms with Gasteiger partial charge < -0.3 is 14.2 Å². The number of aryl methyl sites for hydroxylation is 2. The number of esters is 1. The van der Waals surface area contributed by atoms with Gasteiger partial charge in [-0.05, 0) is 31.0 Å². The van der Waals surface area contributed by atoms with E-state index in [1.807, 2.05) is 6.07 Å². The Labute approximate surface area is 161 Å². The maximum absolute atomic E-state index is 12.2. The summed E-state index contributed by atoms with van der Waals surface area (Å²) >= 11 is 1.24. The van der Waals surface area contributed by atoms with Gasteiger partial charge in [-0.25, -0.2) is 4.98 Å². The third kappa shape index (κ3) is 5.79.